The van der Waals surface area contributed by atoms with Crippen LogP contribution in [-0.2, 0) is 32.7 Å². The Labute approximate surface area is 556 Å². The van der Waals surface area contributed by atoms with Crippen molar-refractivity contribution < 1.29 is 42.1 Å². The van der Waals surface area contributed by atoms with Crippen LogP contribution in [0.5, 0.6) is 0 Å². The first-order chi connectivity index (χ1) is 44.0. The number of carbonyl (C=O) groups excluding carboxylic acids is 2. The summed E-state index contributed by atoms with van der Waals surface area (Å²) in [4.78, 5) is 35.9. The maximum Gasteiger partial charge on any atom is 0.472 e. The van der Waals surface area contributed by atoms with Crippen LogP contribution in [-0.4, -0.2) is 74.9 Å². The number of ether oxygens (including phenoxy) is 2. The molecule has 0 bridgehead atoms. The average Bonchev–Trinajstić information content (AvgIpc) is 3.61. The molecule has 0 aliphatic heterocycles. The van der Waals surface area contributed by atoms with Gasteiger partial charge in [0.2, 0.25) is 0 Å². The van der Waals surface area contributed by atoms with Crippen molar-refractivity contribution in [3.05, 3.63) is 109 Å². The van der Waals surface area contributed by atoms with Gasteiger partial charge in [0, 0.05) is 12.8 Å². The molecule has 2 unspecified atom stereocenters. The van der Waals surface area contributed by atoms with Crippen LogP contribution in [0.3, 0.4) is 0 Å². The molecule has 0 aromatic carbocycles. The summed E-state index contributed by atoms with van der Waals surface area (Å²) < 4.78 is 34.7. The number of esters is 2. The number of phosphoric ester groups is 1. The summed E-state index contributed by atoms with van der Waals surface area (Å²) in [7, 11) is 1.44. The minimum absolute atomic E-state index is 0.0188. The predicted octanol–water partition coefficient (Wildman–Crippen LogP) is 24.8. The fourth-order valence-electron chi connectivity index (χ4n) is 10.6. The first kappa shape index (κ1) is 86.7. The fourth-order valence-corrected chi connectivity index (χ4v) is 11.3. The summed E-state index contributed by atoms with van der Waals surface area (Å²) in [5, 5.41) is 0. The van der Waals surface area contributed by atoms with Crippen LogP contribution in [0.4, 0.5) is 0 Å². The third-order valence-electron chi connectivity index (χ3n) is 16.3. The fraction of sp³-hybridized carbons (Fsp3) is 0.750. The van der Waals surface area contributed by atoms with E-state index in [4.69, 9.17) is 18.5 Å². The van der Waals surface area contributed by atoms with E-state index in [0.717, 1.165) is 83.5 Å². The summed E-state index contributed by atoms with van der Waals surface area (Å²) in [6.07, 6.45) is 99.5. The number of unbranched alkanes of at least 4 members (excludes halogenated alkanes) is 37. The second-order valence-electron chi connectivity index (χ2n) is 26.3. The monoisotopic (exact) mass is 1280 g/mol. The molecule has 0 aromatic rings. The van der Waals surface area contributed by atoms with Crippen molar-refractivity contribution in [1.29, 1.82) is 0 Å². The first-order valence-corrected chi connectivity index (χ1v) is 39.1. The topological polar surface area (TPSA) is 108 Å². The Morgan fingerprint density at radius 2 is 0.633 bits per heavy atom. The largest absolute Gasteiger partial charge is 0.472 e. The molecular formula is C80H143NO8P+. The van der Waals surface area contributed by atoms with E-state index in [1.807, 2.05) is 21.1 Å². The summed E-state index contributed by atoms with van der Waals surface area (Å²) >= 11 is 0. The molecule has 0 aromatic heterocycles. The van der Waals surface area contributed by atoms with E-state index < -0.39 is 26.5 Å². The van der Waals surface area contributed by atoms with E-state index in [-0.39, 0.29) is 32.0 Å². The highest BCUT2D eigenvalue weighted by molar-refractivity contribution is 7.47. The number of carbonyl (C=O) groups is 2. The molecular weight excluding hydrogens is 1130 g/mol. The van der Waals surface area contributed by atoms with Crippen LogP contribution >= 0.6 is 7.82 Å². The molecule has 9 nitrogen and oxygen atoms in total. The van der Waals surface area contributed by atoms with Crippen LogP contribution in [0.2, 0.25) is 0 Å². The molecule has 90 heavy (non-hydrogen) atoms. The minimum Gasteiger partial charge on any atom is -0.462 e. The summed E-state index contributed by atoms with van der Waals surface area (Å²) in [6, 6.07) is 0. The lowest BCUT2D eigenvalue weighted by atomic mass is 10.0. The lowest BCUT2D eigenvalue weighted by molar-refractivity contribution is -0.870. The SMILES string of the molecule is CC/C=C\C/C=C\C/C=C\C/C=C\C/C=C\C/C=C\C/C=C\C/C=C\CCCCC(=O)OC(COC(=O)CCCCCCCCCCCCCCCCCCCCCCCCCCCCC/C=C\CCCCCCCCCC)COP(=O)(O)OCC[N+](C)(C)C. The van der Waals surface area contributed by atoms with Crippen molar-refractivity contribution in [3.8, 4) is 0 Å². The molecule has 0 rings (SSSR count). The Balaban J connectivity index is 4.01. The lowest BCUT2D eigenvalue weighted by Crippen LogP contribution is -2.37. The molecule has 0 saturated carbocycles. The smallest absolute Gasteiger partial charge is 0.462 e. The number of hydrogen-bond acceptors (Lipinski definition) is 7. The van der Waals surface area contributed by atoms with E-state index in [0.29, 0.717) is 17.4 Å². The van der Waals surface area contributed by atoms with E-state index >= 15 is 0 Å². The van der Waals surface area contributed by atoms with Gasteiger partial charge in [-0.3, -0.25) is 18.6 Å². The number of nitrogens with zero attached hydrogens (tertiary/aromatic N) is 1. The highest BCUT2D eigenvalue weighted by Gasteiger charge is 2.27. The van der Waals surface area contributed by atoms with Crippen LogP contribution in [0, 0.1) is 0 Å². The molecule has 0 fully saturated rings. The normalized spacial score (nSPS) is 13.7. The predicted molar refractivity (Wildman–Crippen MR) is 390 cm³/mol. The third-order valence-corrected chi connectivity index (χ3v) is 17.3. The molecule has 0 spiro atoms. The minimum atomic E-state index is -4.41. The quantitative estimate of drug-likeness (QED) is 0.0211. The Morgan fingerprint density at radius 1 is 0.356 bits per heavy atom. The second kappa shape index (κ2) is 70.0. The summed E-state index contributed by atoms with van der Waals surface area (Å²) in [5.41, 5.74) is 0. The molecule has 0 aliphatic rings. The van der Waals surface area contributed by atoms with Crippen LogP contribution < -0.4 is 0 Å². The molecule has 0 radical (unpaired) electrons. The zero-order valence-corrected chi connectivity index (χ0v) is 60.2. The Morgan fingerprint density at radius 3 is 0.978 bits per heavy atom. The Bertz CT molecular complexity index is 1890. The van der Waals surface area contributed by atoms with Gasteiger partial charge < -0.3 is 18.9 Å². The maximum absolute atomic E-state index is 12.9. The van der Waals surface area contributed by atoms with E-state index in [2.05, 4.69) is 123 Å². The van der Waals surface area contributed by atoms with E-state index in [1.54, 1.807) is 0 Å². The van der Waals surface area contributed by atoms with Crippen LogP contribution in [0.15, 0.2) is 109 Å². The first-order valence-electron chi connectivity index (χ1n) is 37.6. The molecule has 10 heteroatoms. The van der Waals surface area contributed by atoms with Crippen LogP contribution in [0.1, 0.15) is 335 Å². The van der Waals surface area contributed by atoms with Gasteiger partial charge in [-0.1, -0.05) is 329 Å². The van der Waals surface area contributed by atoms with Crippen molar-refractivity contribution in [2.24, 2.45) is 0 Å². The number of phosphoric acid groups is 1. The Hall–Kier alpha value is -3.33. The number of likely N-dealkylation sites (N-methyl/N-ethyl adjacent to an activating group) is 1. The van der Waals surface area contributed by atoms with Gasteiger partial charge in [-0.25, -0.2) is 4.57 Å². The number of allylic oxidation sites excluding steroid dienone is 18. The number of quaternary nitrogens is 1. The molecule has 0 saturated heterocycles. The van der Waals surface area contributed by atoms with Gasteiger partial charge in [0.05, 0.1) is 27.7 Å². The van der Waals surface area contributed by atoms with Crippen LogP contribution in [0.25, 0.3) is 0 Å². The molecule has 520 valence electrons. The number of hydrogen-bond donors (Lipinski definition) is 1. The molecule has 0 aliphatic carbocycles. The van der Waals surface area contributed by atoms with Gasteiger partial charge in [0.25, 0.3) is 0 Å². The standard InChI is InChI=1S/C80H142NO8P/c1-6-8-10-12-14-16-18-20-22-24-26-28-30-32-34-35-36-37-38-39-40-41-42-43-44-45-47-48-50-52-54-56-58-60-62-64-66-68-70-72-79(82)86-76-78(77-88-90(84,85)87-75-74-81(3,4)5)89-80(83)73-71-69-67-65-63-61-59-57-55-53-51-49-46-33-31-29-27-25-23-21-19-17-15-13-11-9-7-2/h9,11,15,17,21,23-24,26-27,29,33,46,51,53,57,59,63,65,78H,6-8,10,12-14,16,18-20,22,25,28,30-32,34-45,47-50,52,54-56,58,60-62,64,66-77H2,1-5H3/p+1/b11-9-,17-15-,23-21-,26-24-,29-27-,46-33-,53-51-,59-57-,65-63-. The van der Waals surface area contributed by atoms with Gasteiger partial charge in [0.15, 0.2) is 6.10 Å². The van der Waals surface area contributed by atoms with Gasteiger partial charge in [-0.15, -0.1) is 0 Å². The molecule has 0 amide bonds. The molecule has 1 N–H and O–H groups in total. The average molecular weight is 1280 g/mol. The zero-order valence-electron chi connectivity index (χ0n) is 59.4. The molecule has 0 heterocycles. The summed E-state index contributed by atoms with van der Waals surface area (Å²) in [5.74, 6) is -0.843. The summed E-state index contributed by atoms with van der Waals surface area (Å²) in [6.45, 7) is 4.30. The molecule has 2 atom stereocenters. The van der Waals surface area contributed by atoms with E-state index in [9.17, 15) is 19.0 Å². The Kier molecular flexibility index (Phi) is 67.4. The van der Waals surface area contributed by atoms with Gasteiger partial charge >= 0.3 is 19.8 Å². The highest BCUT2D eigenvalue weighted by atomic mass is 31.2. The van der Waals surface area contributed by atoms with Crippen molar-refractivity contribution in [2.75, 3.05) is 47.5 Å². The van der Waals surface area contributed by atoms with Gasteiger partial charge in [0.1, 0.15) is 19.8 Å². The van der Waals surface area contributed by atoms with Crippen molar-refractivity contribution >= 4 is 19.8 Å². The number of rotatable bonds is 69. The van der Waals surface area contributed by atoms with E-state index in [1.165, 1.54) is 218 Å². The third kappa shape index (κ3) is 73.7. The zero-order chi connectivity index (χ0) is 65.5. The van der Waals surface area contributed by atoms with Gasteiger partial charge in [-0.2, -0.15) is 0 Å². The second-order valence-corrected chi connectivity index (χ2v) is 27.8. The lowest BCUT2D eigenvalue weighted by Gasteiger charge is -2.24. The van der Waals surface area contributed by atoms with Crippen molar-refractivity contribution in [3.63, 3.8) is 0 Å². The van der Waals surface area contributed by atoms with Gasteiger partial charge in [-0.05, 0) is 103 Å². The van der Waals surface area contributed by atoms with Crippen molar-refractivity contribution in [1.82, 2.24) is 0 Å². The maximum atomic E-state index is 12.9. The highest BCUT2D eigenvalue weighted by Crippen LogP contribution is 2.43. The van der Waals surface area contributed by atoms with Crippen molar-refractivity contribution in [2.45, 2.75) is 341 Å².